The van der Waals surface area contributed by atoms with E-state index in [-0.39, 0.29) is 23.5 Å². The van der Waals surface area contributed by atoms with Crippen LogP contribution in [0, 0.1) is 5.41 Å². The third-order valence-corrected chi connectivity index (χ3v) is 5.38. The summed E-state index contributed by atoms with van der Waals surface area (Å²) in [5.74, 6) is 0.299. The first-order chi connectivity index (χ1) is 11.7. The number of nitrogens with one attached hydrogen (secondary N) is 1. The minimum atomic E-state index is -0.424. The van der Waals surface area contributed by atoms with Gasteiger partial charge < -0.3 is 5.32 Å². The fourth-order valence-corrected chi connectivity index (χ4v) is 3.73. The molecule has 0 radical (unpaired) electrons. The minimum absolute atomic E-state index is 0.00939. The molecule has 0 spiro atoms. The van der Waals surface area contributed by atoms with Gasteiger partial charge in [0.05, 0.1) is 23.2 Å². The van der Waals surface area contributed by atoms with Gasteiger partial charge in [-0.25, -0.2) is 4.68 Å². The van der Waals surface area contributed by atoms with Crippen molar-refractivity contribution in [3.05, 3.63) is 21.9 Å². The van der Waals surface area contributed by atoms with Crippen LogP contribution >= 0.6 is 23.1 Å². The number of aromatic nitrogens is 4. The van der Waals surface area contributed by atoms with Crippen LogP contribution in [-0.2, 0) is 11.3 Å². The third kappa shape index (κ3) is 5.37. The van der Waals surface area contributed by atoms with Gasteiger partial charge in [-0.05, 0) is 36.4 Å². The highest BCUT2D eigenvalue weighted by molar-refractivity contribution is 7.99. The molecular weight excluding hydrogens is 358 g/mol. The first-order valence-corrected chi connectivity index (χ1v) is 9.79. The van der Waals surface area contributed by atoms with Crippen molar-refractivity contribution in [1.29, 1.82) is 0 Å². The fourth-order valence-electron chi connectivity index (χ4n) is 1.86. The molecule has 2 heterocycles. The highest BCUT2D eigenvalue weighted by Gasteiger charge is 2.21. The molecule has 0 fully saturated rings. The Morgan fingerprint density at radius 3 is 2.68 bits per heavy atom. The summed E-state index contributed by atoms with van der Waals surface area (Å²) in [5, 5.41) is 15.0. The topological polar surface area (TPSA) is 89.8 Å². The average Bonchev–Trinajstić information content (AvgIpc) is 3.18. The predicted molar refractivity (Wildman–Crippen MR) is 98.9 cm³/mol. The van der Waals surface area contributed by atoms with E-state index in [1.54, 1.807) is 10.7 Å². The minimum Gasteiger partial charge on any atom is -0.351 e. The van der Waals surface area contributed by atoms with Crippen LogP contribution in [0.25, 0.3) is 0 Å². The maximum atomic E-state index is 12.4. The SMILES string of the molecule is CC(C)n1nnnc1SCC(=O)c1ccc(CNC(=O)C(C)(C)C)s1. The van der Waals surface area contributed by atoms with Crippen molar-refractivity contribution < 1.29 is 9.59 Å². The number of hydrogen-bond donors (Lipinski definition) is 1. The molecule has 0 aromatic carbocycles. The van der Waals surface area contributed by atoms with E-state index in [2.05, 4.69) is 20.8 Å². The van der Waals surface area contributed by atoms with Gasteiger partial charge in [0.15, 0.2) is 5.78 Å². The Morgan fingerprint density at radius 1 is 1.32 bits per heavy atom. The Labute approximate surface area is 155 Å². The van der Waals surface area contributed by atoms with Crippen LogP contribution in [0.3, 0.4) is 0 Å². The van der Waals surface area contributed by atoms with Crippen molar-refractivity contribution in [3.63, 3.8) is 0 Å². The van der Waals surface area contributed by atoms with Gasteiger partial charge in [0.2, 0.25) is 11.1 Å². The van der Waals surface area contributed by atoms with Crippen molar-refractivity contribution in [2.75, 3.05) is 5.75 Å². The van der Waals surface area contributed by atoms with Gasteiger partial charge in [-0.15, -0.1) is 16.4 Å². The smallest absolute Gasteiger partial charge is 0.225 e. The van der Waals surface area contributed by atoms with Crippen LogP contribution < -0.4 is 5.32 Å². The van der Waals surface area contributed by atoms with Gasteiger partial charge >= 0.3 is 0 Å². The molecule has 0 bridgehead atoms. The molecule has 7 nitrogen and oxygen atoms in total. The lowest BCUT2D eigenvalue weighted by Crippen LogP contribution is -2.34. The number of thiophene rings is 1. The molecular formula is C16H23N5O2S2. The lowest BCUT2D eigenvalue weighted by Gasteiger charge is -2.17. The van der Waals surface area contributed by atoms with E-state index in [1.807, 2.05) is 40.7 Å². The number of tetrazole rings is 1. The number of carbonyl (C=O) groups excluding carboxylic acids is 2. The van der Waals surface area contributed by atoms with E-state index >= 15 is 0 Å². The molecule has 1 amide bonds. The summed E-state index contributed by atoms with van der Waals surface area (Å²) in [6, 6.07) is 3.83. The van der Waals surface area contributed by atoms with Crippen LogP contribution in [0.4, 0.5) is 0 Å². The fraction of sp³-hybridized carbons (Fsp3) is 0.562. The van der Waals surface area contributed by atoms with E-state index in [9.17, 15) is 9.59 Å². The van der Waals surface area contributed by atoms with E-state index < -0.39 is 5.41 Å². The number of rotatable bonds is 7. The highest BCUT2D eigenvalue weighted by Crippen LogP contribution is 2.23. The molecule has 0 aliphatic heterocycles. The zero-order valence-corrected chi connectivity index (χ0v) is 16.7. The summed E-state index contributed by atoms with van der Waals surface area (Å²) in [6.07, 6.45) is 0. The van der Waals surface area contributed by atoms with Crippen LogP contribution in [0.5, 0.6) is 0 Å². The van der Waals surface area contributed by atoms with Crippen molar-refractivity contribution in [2.24, 2.45) is 5.41 Å². The maximum absolute atomic E-state index is 12.4. The van der Waals surface area contributed by atoms with Gasteiger partial charge in [0, 0.05) is 10.3 Å². The molecule has 0 atom stereocenters. The highest BCUT2D eigenvalue weighted by atomic mass is 32.2. The Morgan fingerprint density at radius 2 is 2.04 bits per heavy atom. The van der Waals surface area contributed by atoms with Gasteiger partial charge in [-0.2, -0.15) is 0 Å². The summed E-state index contributed by atoms with van der Waals surface area (Å²) >= 11 is 2.74. The second kappa shape index (κ2) is 8.09. The zero-order valence-electron chi connectivity index (χ0n) is 15.1. The first kappa shape index (κ1) is 19.6. The predicted octanol–water partition coefficient (Wildman–Crippen LogP) is 2.95. The van der Waals surface area contributed by atoms with Gasteiger partial charge in [-0.1, -0.05) is 32.5 Å². The standard InChI is InChI=1S/C16H23N5O2S2/c1-10(2)21-15(18-19-20-21)24-9-12(22)13-7-6-11(25-13)8-17-14(23)16(3,4)5/h6-7,10H,8-9H2,1-5H3,(H,17,23). The lowest BCUT2D eigenvalue weighted by molar-refractivity contribution is -0.128. The number of carbonyl (C=O) groups is 2. The number of thioether (sulfide) groups is 1. The van der Waals surface area contributed by atoms with Crippen molar-refractivity contribution in [2.45, 2.75) is 52.4 Å². The Bertz CT molecular complexity index is 746. The molecule has 0 aliphatic carbocycles. The number of nitrogens with zero attached hydrogens (tertiary/aromatic N) is 4. The largest absolute Gasteiger partial charge is 0.351 e. The monoisotopic (exact) mass is 381 g/mol. The Balaban J connectivity index is 1.90. The van der Waals surface area contributed by atoms with E-state index in [4.69, 9.17) is 0 Å². The first-order valence-electron chi connectivity index (χ1n) is 7.99. The third-order valence-electron chi connectivity index (χ3n) is 3.32. The molecule has 136 valence electrons. The van der Waals surface area contributed by atoms with E-state index in [0.29, 0.717) is 16.6 Å². The van der Waals surface area contributed by atoms with Crippen LogP contribution in [0.2, 0.25) is 0 Å². The maximum Gasteiger partial charge on any atom is 0.225 e. The molecule has 0 unspecified atom stereocenters. The van der Waals surface area contributed by atoms with Crippen LogP contribution in [0.15, 0.2) is 17.3 Å². The molecule has 9 heteroatoms. The molecule has 2 aromatic rings. The summed E-state index contributed by atoms with van der Waals surface area (Å²) in [6.45, 7) is 10.0. The zero-order chi connectivity index (χ0) is 18.6. The summed E-state index contributed by atoms with van der Waals surface area (Å²) < 4.78 is 1.69. The van der Waals surface area contributed by atoms with Gasteiger partial charge in [0.25, 0.3) is 0 Å². The number of Topliss-reactive ketones (excluding diaryl/α,β-unsaturated/α-hetero) is 1. The molecule has 2 aromatic heterocycles. The molecule has 0 aliphatic rings. The van der Waals surface area contributed by atoms with E-state index in [1.165, 1.54) is 23.1 Å². The normalized spacial score (nSPS) is 11.8. The summed E-state index contributed by atoms with van der Waals surface area (Å²) in [4.78, 5) is 25.9. The molecule has 1 N–H and O–H groups in total. The quantitative estimate of drug-likeness (QED) is 0.586. The Kier molecular flexibility index (Phi) is 6.34. The number of ketones is 1. The number of hydrogen-bond acceptors (Lipinski definition) is 7. The van der Waals surface area contributed by atoms with Crippen molar-refractivity contribution in [1.82, 2.24) is 25.5 Å². The van der Waals surface area contributed by atoms with Crippen LogP contribution in [0.1, 0.15) is 55.2 Å². The van der Waals surface area contributed by atoms with Gasteiger partial charge in [-0.3, -0.25) is 9.59 Å². The number of amides is 1. The second-order valence-corrected chi connectivity index (χ2v) is 9.02. The summed E-state index contributed by atoms with van der Waals surface area (Å²) in [5.41, 5.74) is -0.424. The molecule has 0 saturated carbocycles. The van der Waals surface area contributed by atoms with E-state index in [0.717, 1.165) is 4.88 Å². The average molecular weight is 382 g/mol. The lowest BCUT2D eigenvalue weighted by atomic mass is 9.96. The Hall–Kier alpha value is -1.74. The molecule has 0 saturated heterocycles. The second-order valence-electron chi connectivity index (χ2n) is 6.91. The van der Waals surface area contributed by atoms with Crippen molar-refractivity contribution >= 4 is 34.8 Å². The van der Waals surface area contributed by atoms with Crippen molar-refractivity contribution in [3.8, 4) is 0 Å². The van der Waals surface area contributed by atoms with Crippen LogP contribution in [-0.4, -0.2) is 37.7 Å². The molecule has 25 heavy (non-hydrogen) atoms. The molecule has 2 rings (SSSR count). The van der Waals surface area contributed by atoms with Gasteiger partial charge in [0.1, 0.15) is 0 Å². The summed E-state index contributed by atoms with van der Waals surface area (Å²) in [7, 11) is 0.